The van der Waals surface area contributed by atoms with E-state index in [1.165, 1.54) is 32.4 Å². The van der Waals surface area contributed by atoms with Gasteiger partial charge in [0.25, 0.3) is 0 Å². The minimum atomic E-state index is -0.0777. The van der Waals surface area contributed by atoms with Crippen molar-refractivity contribution in [2.45, 2.75) is 83.4 Å². The van der Waals surface area contributed by atoms with Gasteiger partial charge in [0.15, 0.2) is 0 Å². The zero-order chi connectivity index (χ0) is 15.2. The van der Waals surface area contributed by atoms with Gasteiger partial charge in [0.05, 0.1) is 5.60 Å². The van der Waals surface area contributed by atoms with Gasteiger partial charge in [0, 0.05) is 18.7 Å². The molecular weight excluding hydrogens is 250 g/mol. The zero-order valence-corrected chi connectivity index (χ0v) is 14.2. The first-order valence-electron chi connectivity index (χ1n) is 8.16. The number of nitrogens with one attached hydrogen (secondary N) is 1. The minimum Gasteiger partial charge on any atom is -0.379 e. The third-order valence-electron chi connectivity index (χ3n) is 5.33. The van der Waals surface area contributed by atoms with Crippen LogP contribution in [0.25, 0.3) is 0 Å². The minimum absolute atomic E-state index is 0.0777. The first kappa shape index (κ1) is 17.9. The van der Waals surface area contributed by atoms with E-state index in [-0.39, 0.29) is 11.1 Å². The summed E-state index contributed by atoms with van der Waals surface area (Å²) in [6.45, 7) is 11.3. The molecule has 0 aliphatic carbocycles. The molecule has 0 amide bonds. The monoisotopic (exact) mass is 285 g/mol. The number of nitrogens with two attached hydrogens (primary N) is 1. The normalized spacial score (nSPS) is 22.5. The van der Waals surface area contributed by atoms with Gasteiger partial charge in [-0.05, 0) is 66.0 Å². The molecule has 1 aliphatic heterocycles. The topological polar surface area (TPSA) is 50.5 Å². The molecule has 0 saturated carbocycles. The van der Waals surface area contributed by atoms with Crippen molar-refractivity contribution < 1.29 is 4.74 Å². The highest BCUT2D eigenvalue weighted by Gasteiger charge is 2.38. The molecule has 1 saturated heterocycles. The van der Waals surface area contributed by atoms with Gasteiger partial charge in [-0.15, -0.1) is 0 Å². The van der Waals surface area contributed by atoms with Crippen LogP contribution < -0.4 is 11.3 Å². The zero-order valence-electron chi connectivity index (χ0n) is 14.2. The number of hydrogen-bond acceptors (Lipinski definition) is 4. The maximum atomic E-state index is 5.89. The van der Waals surface area contributed by atoms with Gasteiger partial charge in [0.1, 0.15) is 0 Å². The molecule has 20 heavy (non-hydrogen) atoms. The lowest BCUT2D eigenvalue weighted by atomic mass is 9.82. The van der Waals surface area contributed by atoms with E-state index in [1.54, 1.807) is 7.11 Å². The maximum Gasteiger partial charge on any atom is 0.0623 e. The van der Waals surface area contributed by atoms with E-state index in [0.717, 1.165) is 19.3 Å². The highest BCUT2D eigenvalue weighted by Crippen LogP contribution is 2.30. The number of methoxy groups -OCH3 is 1. The Kier molecular flexibility index (Phi) is 6.92. The summed E-state index contributed by atoms with van der Waals surface area (Å²) in [5.41, 5.74) is 3.15. The maximum absolute atomic E-state index is 5.89. The van der Waals surface area contributed by atoms with Crippen LogP contribution in [0, 0.1) is 0 Å². The summed E-state index contributed by atoms with van der Waals surface area (Å²) >= 11 is 0. The molecule has 0 aromatic carbocycles. The van der Waals surface area contributed by atoms with Gasteiger partial charge >= 0.3 is 0 Å². The molecule has 0 bridgehead atoms. The molecule has 0 aromatic rings. The highest BCUT2D eigenvalue weighted by molar-refractivity contribution is 4.97. The van der Waals surface area contributed by atoms with Gasteiger partial charge in [-0.3, -0.25) is 16.2 Å². The van der Waals surface area contributed by atoms with E-state index >= 15 is 0 Å². The molecule has 2 atom stereocenters. The van der Waals surface area contributed by atoms with Crippen molar-refractivity contribution in [1.82, 2.24) is 10.3 Å². The van der Waals surface area contributed by atoms with Crippen molar-refractivity contribution in [3.63, 3.8) is 0 Å². The SMILES string of the molecule is CCC(C)(C(CCC(C)(C)OC)NN)N1CCCCC1. The van der Waals surface area contributed by atoms with Crippen LogP contribution >= 0.6 is 0 Å². The predicted molar refractivity (Wildman–Crippen MR) is 85.6 cm³/mol. The van der Waals surface area contributed by atoms with Gasteiger partial charge in [-0.1, -0.05) is 13.3 Å². The molecule has 120 valence electrons. The number of nitrogens with zero attached hydrogens (tertiary/aromatic N) is 1. The molecule has 3 N–H and O–H groups in total. The molecule has 1 fully saturated rings. The van der Waals surface area contributed by atoms with Crippen LogP contribution in [-0.2, 0) is 4.74 Å². The largest absolute Gasteiger partial charge is 0.379 e. The summed E-state index contributed by atoms with van der Waals surface area (Å²) in [6, 6.07) is 0.306. The third kappa shape index (κ3) is 4.42. The van der Waals surface area contributed by atoms with E-state index < -0.39 is 0 Å². The number of ether oxygens (including phenoxy) is 1. The van der Waals surface area contributed by atoms with Gasteiger partial charge in [0.2, 0.25) is 0 Å². The summed E-state index contributed by atoms with van der Waals surface area (Å²) in [6.07, 6.45) is 7.18. The second-order valence-corrected chi connectivity index (χ2v) is 6.98. The summed E-state index contributed by atoms with van der Waals surface area (Å²) < 4.78 is 5.54. The fourth-order valence-electron chi connectivity index (χ4n) is 3.26. The fourth-order valence-corrected chi connectivity index (χ4v) is 3.26. The van der Waals surface area contributed by atoms with E-state index in [9.17, 15) is 0 Å². The van der Waals surface area contributed by atoms with Crippen LogP contribution in [-0.4, -0.2) is 42.3 Å². The van der Waals surface area contributed by atoms with Crippen molar-refractivity contribution in [2.75, 3.05) is 20.2 Å². The van der Waals surface area contributed by atoms with Crippen molar-refractivity contribution in [3.8, 4) is 0 Å². The quantitative estimate of drug-likeness (QED) is 0.532. The van der Waals surface area contributed by atoms with Crippen molar-refractivity contribution >= 4 is 0 Å². The number of piperidine rings is 1. The Hall–Kier alpha value is -0.160. The average molecular weight is 285 g/mol. The Morgan fingerprint density at radius 1 is 1.20 bits per heavy atom. The van der Waals surface area contributed by atoms with E-state index in [0.29, 0.717) is 6.04 Å². The van der Waals surface area contributed by atoms with Gasteiger partial charge in [-0.25, -0.2) is 0 Å². The van der Waals surface area contributed by atoms with Crippen LogP contribution in [0.15, 0.2) is 0 Å². The Balaban J connectivity index is 2.71. The van der Waals surface area contributed by atoms with Crippen molar-refractivity contribution in [2.24, 2.45) is 5.84 Å². The lowest BCUT2D eigenvalue weighted by Crippen LogP contribution is -2.62. The first-order chi connectivity index (χ1) is 9.39. The number of hydrazine groups is 1. The second kappa shape index (κ2) is 7.74. The molecule has 4 heteroatoms. The Labute approximate surface area is 125 Å². The van der Waals surface area contributed by atoms with Gasteiger partial charge in [-0.2, -0.15) is 0 Å². The number of likely N-dealkylation sites (tertiary alicyclic amines) is 1. The highest BCUT2D eigenvalue weighted by atomic mass is 16.5. The summed E-state index contributed by atoms with van der Waals surface area (Å²) in [4.78, 5) is 2.64. The van der Waals surface area contributed by atoms with Crippen molar-refractivity contribution in [3.05, 3.63) is 0 Å². The summed E-state index contributed by atoms with van der Waals surface area (Å²) in [5.74, 6) is 5.89. The second-order valence-electron chi connectivity index (χ2n) is 6.98. The molecule has 0 spiro atoms. The molecule has 1 aliphatic rings. The molecular formula is C16H35N3O. The van der Waals surface area contributed by atoms with Gasteiger partial charge < -0.3 is 4.74 Å². The Morgan fingerprint density at radius 3 is 2.25 bits per heavy atom. The molecule has 0 radical (unpaired) electrons. The van der Waals surface area contributed by atoms with Crippen LogP contribution in [0.2, 0.25) is 0 Å². The Bertz CT molecular complexity index is 277. The van der Waals surface area contributed by atoms with Crippen molar-refractivity contribution in [1.29, 1.82) is 0 Å². The predicted octanol–water partition coefficient (Wildman–Crippen LogP) is 2.68. The summed E-state index contributed by atoms with van der Waals surface area (Å²) in [5, 5.41) is 0. The van der Waals surface area contributed by atoms with Crippen LogP contribution in [0.1, 0.15) is 66.2 Å². The third-order valence-corrected chi connectivity index (χ3v) is 5.33. The molecule has 1 rings (SSSR count). The number of hydrogen-bond donors (Lipinski definition) is 2. The molecule has 0 aromatic heterocycles. The molecule has 2 unspecified atom stereocenters. The van der Waals surface area contributed by atoms with Crippen LogP contribution in [0.3, 0.4) is 0 Å². The molecule has 4 nitrogen and oxygen atoms in total. The Morgan fingerprint density at radius 2 is 1.80 bits per heavy atom. The first-order valence-corrected chi connectivity index (χ1v) is 8.16. The average Bonchev–Trinajstić information content (AvgIpc) is 2.48. The van der Waals surface area contributed by atoms with Crippen LogP contribution in [0.4, 0.5) is 0 Å². The smallest absolute Gasteiger partial charge is 0.0623 e. The lowest BCUT2D eigenvalue weighted by molar-refractivity contribution is -0.00340. The lowest BCUT2D eigenvalue weighted by Gasteiger charge is -2.48. The number of rotatable bonds is 8. The summed E-state index contributed by atoms with van der Waals surface area (Å²) in [7, 11) is 1.79. The van der Waals surface area contributed by atoms with E-state index in [4.69, 9.17) is 10.6 Å². The van der Waals surface area contributed by atoms with E-state index in [2.05, 4.69) is 38.0 Å². The van der Waals surface area contributed by atoms with E-state index in [1.807, 2.05) is 0 Å². The van der Waals surface area contributed by atoms with Crippen LogP contribution in [0.5, 0.6) is 0 Å². The molecule has 1 heterocycles. The fraction of sp³-hybridized carbons (Fsp3) is 1.00. The standard InChI is InChI=1S/C16H35N3O/c1-6-16(4,19-12-8-7-9-13-19)14(18-17)10-11-15(2,3)20-5/h14,18H,6-13,17H2,1-5H3.